The molecule has 4 nitrogen and oxygen atoms in total. The standard InChI is InChI=1S/C16H20F3NO3/c1-11(20-14(21)10-15(22)8-2-3-9-15)12-4-6-13(7-5-12)23-16(17,18)19/h4-7,11,22H,2-3,8-10H2,1H3,(H,20,21). The fourth-order valence-electron chi connectivity index (χ4n) is 2.84. The van der Waals surface area contributed by atoms with Crippen LogP contribution in [-0.4, -0.2) is 23.0 Å². The van der Waals surface area contributed by atoms with Gasteiger partial charge in [-0.15, -0.1) is 13.2 Å². The lowest BCUT2D eigenvalue weighted by Crippen LogP contribution is -2.35. The molecule has 0 spiro atoms. The van der Waals surface area contributed by atoms with Crippen LogP contribution in [0.25, 0.3) is 0 Å². The van der Waals surface area contributed by atoms with Crippen LogP contribution in [0.4, 0.5) is 13.2 Å². The third-order valence-electron chi connectivity index (χ3n) is 4.02. The highest BCUT2D eigenvalue weighted by atomic mass is 19.4. The monoisotopic (exact) mass is 331 g/mol. The number of halogens is 3. The van der Waals surface area contributed by atoms with Crippen LogP contribution in [-0.2, 0) is 4.79 Å². The Morgan fingerprint density at radius 3 is 2.39 bits per heavy atom. The molecular weight excluding hydrogens is 311 g/mol. The molecule has 1 amide bonds. The van der Waals surface area contributed by atoms with Gasteiger partial charge >= 0.3 is 6.36 Å². The number of carbonyl (C=O) groups is 1. The summed E-state index contributed by atoms with van der Waals surface area (Å²) in [5.74, 6) is -0.572. The molecule has 1 aromatic carbocycles. The number of alkyl halides is 3. The predicted octanol–water partition coefficient (Wildman–Crippen LogP) is 3.46. The van der Waals surface area contributed by atoms with E-state index in [0.29, 0.717) is 18.4 Å². The van der Waals surface area contributed by atoms with Crippen molar-refractivity contribution in [3.05, 3.63) is 29.8 Å². The maximum Gasteiger partial charge on any atom is 0.573 e. The molecule has 0 aliphatic heterocycles. The Labute approximate surface area is 132 Å². The summed E-state index contributed by atoms with van der Waals surface area (Å²) in [7, 11) is 0. The van der Waals surface area contributed by atoms with Crippen molar-refractivity contribution in [1.82, 2.24) is 5.32 Å². The van der Waals surface area contributed by atoms with Gasteiger partial charge in [0.1, 0.15) is 5.75 Å². The zero-order valence-electron chi connectivity index (χ0n) is 12.8. The molecule has 0 saturated heterocycles. The maximum atomic E-state index is 12.1. The van der Waals surface area contributed by atoms with Gasteiger partial charge in [0.15, 0.2) is 0 Å². The van der Waals surface area contributed by atoms with Crippen LogP contribution in [0.1, 0.15) is 50.6 Å². The van der Waals surface area contributed by atoms with Crippen molar-refractivity contribution in [2.75, 3.05) is 0 Å². The highest BCUT2D eigenvalue weighted by Gasteiger charge is 2.34. The number of hydrogen-bond acceptors (Lipinski definition) is 3. The molecular formula is C16H20F3NO3. The Morgan fingerprint density at radius 2 is 1.87 bits per heavy atom. The topological polar surface area (TPSA) is 58.6 Å². The summed E-state index contributed by atoms with van der Waals surface area (Å²) in [4.78, 5) is 12.0. The highest BCUT2D eigenvalue weighted by Crippen LogP contribution is 2.32. The SMILES string of the molecule is CC(NC(=O)CC1(O)CCCC1)c1ccc(OC(F)(F)F)cc1. The number of hydrogen-bond donors (Lipinski definition) is 2. The van der Waals surface area contributed by atoms with E-state index < -0.39 is 12.0 Å². The van der Waals surface area contributed by atoms with Gasteiger partial charge in [-0.25, -0.2) is 0 Å². The van der Waals surface area contributed by atoms with Crippen LogP contribution in [0, 0.1) is 0 Å². The largest absolute Gasteiger partial charge is 0.573 e. The lowest BCUT2D eigenvalue weighted by molar-refractivity contribution is -0.274. The van der Waals surface area contributed by atoms with Crippen molar-refractivity contribution in [2.24, 2.45) is 0 Å². The van der Waals surface area contributed by atoms with Crippen molar-refractivity contribution >= 4 is 5.91 Å². The van der Waals surface area contributed by atoms with Crippen molar-refractivity contribution in [2.45, 2.75) is 57.0 Å². The first-order valence-electron chi connectivity index (χ1n) is 7.54. The van der Waals surface area contributed by atoms with Crippen LogP contribution in [0.15, 0.2) is 24.3 Å². The Morgan fingerprint density at radius 1 is 1.30 bits per heavy atom. The molecule has 1 fully saturated rings. The fourth-order valence-corrected chi connectivity index (χ4v) is 2.84. The number of carbonyl (C=O) groups excluding carboxylic acids is 1. The Hall–Kier alpha value is -1.76. The average Bonchev–Trinajstić information content (AvgIpc) is 2.83. The minimum absolute atomic E-state index is 0.0482. The first kappa shape index (κ1) is 17.6. The zero-order chi connectivity index (χ0) is 17.1. The molecule has 1 aliphatic rings. The molecule has 0 heterocycles. The molecule has 0 bridgehead atoms. The number of nitrogens with one attached hydrogen (secondary N) is 1. The second-order valence-corrected chi connectivity index (χ2v) is 6.01. The molecule has 1 aromatic rings. The number of benzene rings is 1. The van der Waals surface area contributed by atoms with Crippen LogP contribution >= 0.6 is 0 Å². The van der Waals surface area contributed by atoms with E-state index in [1.165, 1.54) is 24.3 Å². The lowest BCUT2D eigenvalue weighted by Gasteiger charge is -2.23. The van der Waals surface area contributed by atoms with E-state index in [4.69, 9.17) is 0 Å². The molecule has 23 heavy (non-hydrogen) atoms. The molecule has 2 rings (SSSR count). The Kier molecular flexibility index (Phi) is 5.19. The molecule has 2 N–H and O–H groups in total. The quantitative estimate of drug-likeness (QED) is 0.869. The van der Waals surface area contributed by atoms with E-state index in [0.717, 1.165) is 12.8 Å². The van der Waals surface area contributed by atoms with Gasteiger partial charge in [-0.2, -0.15) is 0 Å². The molecule has 1 saturated carbocycles. The summed E-state index contributed by atoms with van der Waals surface area (Å²) >= 11 is 0. The number of amides is 1. The van der Waals surface area contributed by atoms with Gasteiger partial charge in [-0.1, -0.05) is 25.0 Å². The molecule has 1 aliphatic carbocycles. The number of aliphatic hydroxyl groups is 1. The fraction of sp³-hybridized carbons (Fsp3) is 0.562. The number of rotatable bonds is 5. The second-order valence-electron chi connectivity index (χ2n) is 6.01. The number of ether oxygens (including phenoxy) is 1. The van der Waals surface area contributed by atoms with Crippen molar-refractivity contribution in [1.29, 1.82) is 0 Å². The Bertz CT molecular complexity index is 536. The summed E-state index contributed by atoms with van der Waals surface area (Å²) in [6.45, 7) is 1.73. The van der Waals surface area contributed by atoms with Gasteiger partial charge in [-0.05, 0) is 37.5 Å². The van der Waals surface area contributed by atoms with Crippen molar-refractivity contribution in [3.63, 3.8) is 0 Å². The van der Waals surface area contributed by atoms with Gasteiger partial charge in [0.05, 0.1) is 18.1 Å². The summed E-state index contributed by atoms with van der Waals surface area (Å²) in [5, 5.41) is 13.0. The third kappa shape index (κ3) is 5.42. The minimum atomic E-state index is -4.72. The zero-order valence-corrected chi connectivity index (χ0v) is 12.8. The predicted molar refractivity (Wildman–Crippen MR) is 77.7 cm³/mol. The third-order valence-corrected chi connectivity index (χ3v) is 4.02. The van der Waals surface area contributed by atoms with Gasteiger partial charge in [0.2, 0.25) is 5.91 Å². The summed E-state index contributed by atoms with van der Waals surface area (Å²) in [5.41, 5.74) is -0.264. The van der Waals surface area contributed by atoms with Gasteiger partial charge in [0, 0.05) is 0 Å². The van der Waals surface area contributed by atoms with Gasteiger partial charge in [-0.3, -0.25) is 4.79 Å². The van der Waals surface area contributed by atoms with E-state index in [1.54, 1.807) is 6.92 Å². The van der Waals surface area contributed by atoms with Gasteiger partial charge < -0.3 is 15.2 Å². The first-order valence-corrected chi connectivity index (χ1v) is 7.54. The van der Waals surface area contributed by atoms with Crippen LogP contribution in [0.3, 0.4) is 0 Å². The molecule has 0 aromatic heterocycles. The second kappa shape index (κ2) is 6.78. The van der Waals surface area contributed by atoms with Crippen molar-refractivity contribution in [3.8, 4) is 5.75 Å². The first-order chi connectivity index (χ1) is 10.7. The van der Waals surface area contributed by atoms with Crippen LogP contribution in [0.5, 0.6) is 5.75 Å². The van der Waals surface area contributed by atoms with E-state index in [1.807, 2.05) is 0 Å². The maximum absolute atomic E-state index is 12.1. The minimum Gasteiger partial charge on any atom is -0.406 e. The van der Waals surface area contributed by atoms with E-state index >= 15 is 0 Å². The smallest absolute Gasteiger partial charge is 0.406 e. The summed E-state index contributed by atoms with van der Waals surface area (Å²) in [6.07, 6.45) is -1.60. The van der Waals surface area contributed by atoms with E-state index in [2.05, 4.69) is 10.1 Å². The normalized spacial score (nSPS) is 18.5. The van der Waals surface area contributed by atoms with Crippen LogP contribution in [0.2, 0.25) is 0 Å². The molecule has 128 valence electrons. The summed E-state index contributed by atoms with van der Waals surface area (Å²) < 4.78 is 40.1. The Balaban J connectivity index is 1.90. The molecule has 1 unspecified atom stereocenters. The molecule has 1 atom stereocenters. The average molecular weight is 331 g/mol. The summed E-state index contributed by atoms with van der Waals surface area (Å²) in [6, 6.07) is 4.98. The van der Waals surface area contributed by atoms with Gasteiger partial charge in [0.25, 0.3) is 0 Å². The highest BCUT2D eigenvalue weighted by molar-refractivity contribution is 5.77. The van der Waals surface area contributed by atoms with E-state index in [9.17, 15) is 23.1 Å². The molecule has 7 heteroatoms. The molecule has 0 radical (unpaired) electrons. The van der Waals surface area contributed by atoms with Crippen molar-refractivity contribution < 1.29 is 27.8 Å². The van der Waals surface area contributed by atoms with Crippen LogP contribution < -0.4 is 10.1 Å². The van der Waals surface area contributed by atoms with E-state index in [-0.39, 0.29) is 24.1 Å². The lowest BCUT2D eigenvalue weighted by atomic mass is 9.97.